The van der Waals surface area contributed by atoms with Crippen molar-refractivity contribution >= 4 is 11.8 Å². The molecular weight excluding hydrogens is 224 g/mol. The van der Waals surface area contributed by atoms with Crippen LogP contribution in [-0.4, -0.2) is 9.97 Å². The van der Waals surface area contributed by atoms with Crippen molar-refractivity contribution in [1.82, 2.24) is 9.97 Å². The van der Waals surface area contributed by atoms with E-state index < -0.39 is 0 Å². The summed E-state index contributed by atoms with van der Waals surface area (Å²) in [4.78, 5) is 8.46. The number of unbranched alkanes of at least 4 members (excludes halogenated alkanes) is 4. The molecule has 0 aromatic carbocycles. The van der Waals surface area contributed by atoms with Gasteiger partial charge in [-0.2, -0.15) is 4.98 Å². The van der Waals surface area contributed by atoms with E-state index in [2.05, 4.69) is 23.8 Å². The molecule has 0 spiro atoms. The Morgan fingerprint density at radius 1 is 0.833 bits per heavy atom. The van der Waals surface area contributed by atoms with Gasteiger partial charge in [0.2, 0.25) is 5.95 Å². The molecule has 0 unspecified atom stereocenters. The lowest BCUT2D eigenvalue weighted by molar-refractivity contribution is 0.682. The highest BCUT2D eigenvalue weighted by molar-refractivity contribution is 5.46. The maximum atomic E-state index is 5.98. The summed E-state index contributed by atoms with van der Waals surface area (Å²) in [7, 11) is 0. The first-order valence-corrected chi connectivity index (χ1v) is 7.09. The smallest absolute Gasteiger partial charge is 0.222 e. The fourth-order valence-electron chi connectivity index (χ4n) is 2.14. The van der Waals surface area contributed by atoms with Gasteiger partial charge in [0, 0.05) is 5.56 Å². The Hall–Kier alpha value is -1.32. The first-order chi connectivity index (χ1) is 8.69. The number of hydrogen-bond donors (Lipinski definition) is 2. The second-order valence-electron chi connectivity index (χ2n) is 4.81. The van der Waals surface area contributed by atoms with Crippen LogP contribution in [0.5, 0.6) is 0 Å². The molecule has 1 aromatic heterocycles. The molecule has 4 N–H and O–H groups in total. The van der Waals surface area contributed by atoms with Gasteiger partial charge in [0.05, 0.1) is 5.69 Å². The lowest BCUT2D eigenvalue weighted by atomic mass is 10.0. The van der Waals surface area contributed by atoms with E-state index in [1.807, 2.05) is 0 Å². The Bertz CT molecular complexity index is 363. The van der Waals surface area contributed by atoms with Gasteiger partial charge in [0.15, 0.2) is 0 Å². The molecule has 1 aromatic rings. The summed E-state index contributed by atoms with van der Waals surface area (Å²) in [5.41, 5.74) is 13.8. The molecule has 0 bridgehead atoms. The van der Waals surface area contributed by atoms with Crippen molar-refractivity contribution in [2.75, 3.05) is 11.5 Å². The number of aryl methyl sites for hydroxylation is 1. The van der Waals surface area contributed by atoms with E-state index in [4.69, 9.17) is 11.5 Å². The highest BCUT2D eigenvalue weighted by Gasteiger charge is 2.10. The summed E-state index contributed by atoms with van der Waals surface area (Å²) in [5.74, 6) is 0.878. The number of nitrogens with two attached hydrogens (primary N) is 2. The minimum Gasteiger partial charge on any atom is -0.383 e. The Balaban J connectivity index is 2.76. The third-order valence-electron chi connectivity index (χ3n) is 3.19. The molecule has 0 saturated heterocycles. The highest BCUT2D eigenvalue weighted by Crippen LogP contribution is 2.20. The Morgan fingerprint density at radius 2 is 1.44 bits per heavy atom. The van der Waals surface area contributed by atoms with Gasteiger partial charge in [0.1, 0.15) is 5.82 Å². The van der Waals surface area contributed by atoms with Gasteiger partial charge in [-0.15, -0.1) is 0 Å². The Morgan fingerprint density at radius 3 is 2.06 bits per heavy atom. The highest BCUT2D eigenvalue weighted by atomic mass is 15.0. The summed E-state index contributed by atoms with van der Waals surface area (Å²) in [6, 6.07) is 0. The van der Waals surface area contributed by atoms with Crippen LogP contribution in [0, 0.1) is 0 Å². The number of aromatic nitrogens is 2. The lowest BCUT2D eigenvalue weighted by Crippen LogP contribution is -2.09. The van der Waals surface area contributed by atoms with Gasteiger partial charge in [-0.1, -0.05) is 39.5 Å². The molecule has 1 heterocycles. The standard InChI is InChI=1S/C14H26N4/c1-3-5-7-9-11-12(10-8-6-4-2)17-14(16)18-13(11)15/h3-10H2,1-2H3,(H4,15,16,17,18). The van der Waals surface area contributed by atoms with Crippen LogP contribution in [0.15, 0.2) is 0 Å². The van der Waals surface area contributed by atoms with Gasteiger partial charge >= 0.3 is 0 Å². The third-order valence-corrected chi connectivity index (χ3v) is 3.19. The molecule has 0 aliphatic carbocycles. The van der Waals surface area contributed by atoms with Crippen molar-refractivity contribution < 1.29 is 0 Å². The topological polar surface area (TPSA) is 77.8 Å². The van der Waals surface area contributed by atoms with E-state index in [-0.39, 0.29) is 0 Å². The number of nitrogen functional groups attached to an aromatic ring is 2. The van der Waals surface area contributed by atoms with Crippen LogP contribution in [0.3, 0.4) is 0 Å². The van der Waals surface area contributed by atoms with Gasteiger partial charge in [-0.25, -0.2) is 4.98 Å². The monoisotopic (exact) mass is 250 g/mol. The van der Waals surface area contributed by atoms with Crippen LogP contribution in [0.25, 0.3) is 0 Å². The normalized spacial score (nSPS) is 10.8. The molecule has 18 heavy (non-hydrogen) atoms. The van der Waals surface area contributed by atoms with Gasteiger partial charge in [0.25, 0.3) is 0 Å². The average molecular weight is 250 g/mol. The summed E-state index contributed by atoms with van der Waals surface area (Å²) in [6.45, 7) is 4.40. The predicted molar refractivity (Wildman–Crippen MR) is 77.3 cm³/mol. The van der Waals surface area contributed by atoms with Crippen molar-refractivity contribution in [2.45, 2.75) is 65.2 Å². The SMILES string of the molecule is CCCCCc1nc(N)nc(N)c1CCCCC. The van der Waals surface area contributed by atoms with Gasteiger partial charge < -0.3 is 11.5 Å². The summed E-state index contributed by atoms with van der Waals surface area (Å²) in [5, 5.41) is 0. The zero-order chi connectivity index (χ0) is 13.4. The first-order valence-electron chi connectivity index (χ1n) is 7.09. The number of hydrogen-bond acceptors (Lipinski definition) is 4. The molecule has 4 heteroatoms. The molecular formula is C14H26N4. The lowest BCUT2D eigenvalue weighted by Gasteiger charge is -2.11. The molecule has 4 nitrogen and oxygen atoms in total. The quantitative estimate of drug-likeness (QED) is 0.695. The van der Waals surface area contributed by atoms with E-state index in [1.165, 1.54) is 25.7 Å². The summed E-state index contributed by atoms with van der Waals surface area (Å²) in [6.07, 6.45) is 9.09. The number of nitrogens with zero attached hydrogens (tertiary/aromatic N) is 2. The second-order valence-corrected chi connectivity index (χ2v) is 4.81. The molecule has 0 fully saturated rings. The van der Waals surface area contributed by atoms with E-state index in [9.17, 15) is 0 Å². The Kier molecular flexibility index (Phi) is 6.47. The van der Waals surface area contributed by atoms with Crippen molar-refractivity contribution in [2.24, 2.45) is 0 Å². The largest absolute Gasteiger partial charge is 0.383 e. The van der Waals surface area contributed by atoms with Gasteiger partial charge in [-0.05, 0) is 25.7 Å². The van der Waals surface area contributed by atoms with Crippen molar-refractivity contribution in [3.05, 3.63) is 11.3 Å². The van der Waals surface area contributed by atoms with Crippen molar-refractivity contribution in [3.8, 4) is 0 Å². The molecule has 0 amide bonds. The van der Waals surface area contributed by atoms with Crippen molar-refractivity contribution in [3.63, 3.8) is 0 Å². The molecule has 0 aliphatic heterocycles. The zero-order valence-corrected chi connectivity index (χ0v) is 11.7. The zero-order valence-electron chi connectivity index (χ0n) is 11.7. The van der Waals surface area contributed by atoms with Crippen LogP contribution in [0.2, 0.25) is 0 Å². The fourth-order valence-corrected chi connectivity index (χ4v) is 2.14. The maximum Gasteiger partial charge on any atom is 0.222 e. The Labute approximate surface area is 110 Å². The molecule has 0 radical (unpaired) electrons. The fraction of sp³-hybridized carbons (Fsp3) is 0.714. The predicted octanol–water partition coefficient (Wildman–Crippen LogP) is 3.11. The summed E-state index contributed by atoms with van der Waals surface area (Å²) >= 11 is 0. The molecule has 0 aliphatic rings. The van der Waals surface area contributed by atoms with E-state index in [1.54, 1.807) is 0 Å². The van der Waals surface area contributed by atoms with Crippen LogP contribution < -0.4 is 11.5 Å². The van der Waals surface area contributed by atoms with Crippen LogP contribution >= 0.6 is 0 Å². The van der Waals surface area contributed by atoms with E-state index in [0.29, 0.717) is 11.8 Å². The molecule has 0 saturated carbocycles. The number of rotatable bonds is 8. The van der Waals surface area contributed by atoms with Crippen molar-refractivity contribution in [1.29, 1.82) is 0 Å². The van der Waals surface area contributed by atoms with Crippen LogP contribution in [0.1, 0.15) is 63.6 Å². The van der Waals surface area contributed by atoms with E-state index >= 15 is 0 Å². The van der Waals surface area contributed by atoms with E-state index in [0.717, 1.165) is 36.9 Å². The number of anilines is 2. The first kappa shape index (κ1) is 14.7. The molecule has 0 atom stereocenters. The second kappa shape index (κ2) is 7.90. The molecule has 102 valence electrons. The minimum atomic E-state index is 0.304. The third kappa shape index (κ3) is 4.51. The summed E-state index contributed by atoms with van der Waals surface area (Å²) < 4.78 is 0. The van der Waals surface area contributed by atoms with Crippen LogP contribution in [0.4, 0.5) is 11.8 Å². The molecule has 1 rings (SSSR count). The average Bonchev–Trinajstić information content (AvgIpc) is 2.32. The van der Waals surface area contributed by atoms with Crippen LogP contribution in [-0.2, 0) is 12.8 Å². The maximum absolute atomic E-state index is 5.98. The van der Waals surface area contributed by atoms with Gasteiger partial charge in [-0.3, -0.25) is 0 Å². The minimum absolute atomic E-state index is 0.304.